The Hall–Kier alpha value is -2.63. The maximum Gasteiger partial charge on any atom is 0.262 e. The Kier molecular flexibility index (Phi) is 4.37. The quantitative estimate of drug-likeness (QED) is 0.852. The number of rotatable bonds is 4. The Balaban J connectivity index is 1.97. The van der Waals surface area contributed by atoms with E-state index >= 15 is 0 Å². The number of benzene rings is 2. The Morgan fingerprint density at radius 1 is 1.24 bits per heavy atom. The summed E-state index contributed by atoms with van der Waals surface area (Å²) >= 11 is 0. The zero-order valence-corrected chi connectivity index (χ0v) is 11.3. The summed E-state index contributed by atoms with van der Waals surface area (Å²) in [6.45, 7) is 1.10. The predicted octanol–water partition coefficient (Wildman–Crippen LogP) is 2.87. The number of ether oxygens (including phenoxy) is 1. The third kappa shape index (κ3) is 3.92. The van der Waals surface area contributed by atoms with E-state index in [4.69, 9.17) is 10.5 Å². The molecule has 2 rings (SSSR count). The van der Waals surface area contributed by atoms with Crippen LogP contribution >= 0.6 is 0 Å². The van der Waals surface area contributed by atoms with Crippen LogP contribution in [0.4, 0.5) is 20.2 Å². The summed E-state index contributed by atoms with van der Waals surface area (Å²) in [5.41, 5.74) is 6.01. The van der Waals surface area contributed by atoms with Crippen molar-refractivity contribution in [1.29, 1.82) is 0 Å². The molecule has 0 aliphatic rings. The predicted molar refractivity (Wildman–Crippen MR) is 76.1 cm³/mol. The van der Waals surface area contributed by atoms with Gasteiger partial charge in [-0.2, -0.15) is 0 Å². The van der Waals surface area contributed by atoms with Crippen LogP contribution in [0, 0.1) is 18.6 Å². The molecule has 0 radical (unpaired) electrons. The number of anilines is 2. The molecule has 2 aromatic carbocycles. The van der Waals surface area contributed by atoms with Crippen LogP contribution in [0.1, 0.15) is 5.56 Å². The Morgan fingerprint density at radius 3 is 2.71 bits per heavy atom. The van der Waals surface area contributed by atoms with Crippen molar-refractivity contribution in [2.75, 3.05) is 17.7 Å². The highest BCUT2D eigenvalue weighted by Crippen LogP contribution is 2.19. The van der Waals surface area contributed by atoms with Crippen molar-refractivity contribution >= 4 is 17.3 Å². The van der Waals surface area contributed by atoms with Gasteiger partial charge in [0, 0.05) is 17.8 Å². The summed E-state index contributed by atoms with van der Waals surface area (Å²) in [5.74, 6) is -1.48. The zero-order chi connectivity index (χ0) is 15.4. The van der Waals surface area contributed by atoms with Crippen molar-refractivity contribution in [2.24, 2.45) is 0 Å². The first-order valence-electron chi connectivity index (χ1n) is 6.19. The molecule has 3 N–H and O–H groups in total. The fourth-order valence-corrected chi connectivity index (χ4v) is 1.68. The van der Waals surface area contributed by atoms with Gasteiger partial charge < -0.3 is 15.8 Å². The average Bonchev–Trinajstić information content (AvgIpc) is 2.43. The molecule has 0 saturated carbocycles. The van der Waals surface area contributed by atoms with Gasteiger partial charge in [-0.05, 0) is 30.7 Å². The number of nitrogens with one attached hydrogen (secondary N) is 1. The molecule has 0 unspecified atom stereocenters. The van der Waals surface area contributed by atoms with Crippen molar-refractivity contribution in [2.45, 2.75) is 6.92 Å². The molecule has 0 bridgehead atoms. The van der Waals surface area contributed by atoms with Crippen LogP contribution in [-0.4, -0.2) is 12.5 Å². The van der Waals surface area contributed by atoms with Crippen LogP contribution in [0.5, 0.6) is 5.75 Å². The molecule has 1 amide bonds. The van der Waals surface area contributed by atoms with E-state index < -0.39 is 17.5 Å². The topological polar surface area (TPSA) is 64.3 Å². The first-order valence-corrected chi connectivity index (χ1v) is 6.19. The molecule has 0 spiro atoms. The van der Waals surface area contributed by atoms with Gasteiger partial charge in [0.2, 0.25) is 0 Å². The first-order chi connectivity index (χ1) is 9.95. The van der Waals surface area contributed by atoms with E-state index in [2.05, 4.69) is 5.32 Å². The van der Waals surface area contributed by atoms with Crippen molar-refractivity contribution in [3.63, 3.8) is 0 Å². The Bertz CT molecular complexity index is 675. The van der Waals surface area contributed by atoms with E-state index in [9.17, 15) is 13.6 Å². The third-order valence-electron chi connectivity index (χ3n) is 2.75. The van der Waals surface area contributed by atoms with Gasteiger partial charge in [-0.1, -0.05) is 6.07 Å². The number of nitrogens with two attached hydrogens (primary N) is 1. The Labute approximate surface area is 120 Å². The first kappa shape index (κ1) is 14.8. The lowest BCUT2D eigenvalue weighted by molar-refractivity contribution is -0.118. The standard InChI is InChI=1S/C15H14F2N2O2/c1-9-5-13(17)14(7-12(9)16)19-15(20)8-21-11-4-2-3-10(18)6-11/h2-7H,8,18H2,1H3,(H,19,20). The highest BCUT2D eigenvalue weighted by Gasteiger charge is 2.11. The third-order valence-corrected chi connectivity index (χ3v) is 2.75. The number of carbonyl (C=O) groups excluding carboxylic acids is 1. The number of hydrogen-bond acceptors (Lipinski definition) is 3. The SMILES string of the molecule is Cc1cc(F)c(NC(=O)COc2cccc(N)c2)cc1F. The number of aryl methyl sites for hydroxylation is 1. The highest BCUT2D eigenvalue weighted by molar-refractivity contribution is 5.92. The number of halogens is 2. The lowest BCUT2D eigenvalue weighted by atomic mass is 10.2. The average molecular weight is 292 g/mol. The molecular formula is C15H14F2N2O2. The van der Waals surface area contributed by atoms with Crippen LogP contribution in [-0.2, 0) is 4.79 Å². The molecular weight excluding hydrogens is 278 g/mol. The maximum absolute atomic E-state index is 13.6. The van der Waals surface area contributed by atoms with Crippen LogP contribution < -0.4 is 15.8 Å². The summed E-state index contributed by atoms with van der Waals surface area (Å²) in [6.07, 6.45) is 0. The van der Waals surface area contributed by atoms with Crippen LogP contribution in [0.2, 0.25) is 0 Å². The minimum Gasteiger partial charge on any atom is -0.484 e. The second-order valence-electron chi connectivity index (χ2n) is 4.49. The molecule has 2 aromatic rings. The van der Waals surface area contributed by atoms with Crippen LogP contribution in [0.15, 0.2) is 36.4 Å². The second kappa shape index (κ2) is 6.21. The molecule has 0 aliphatic carbocycles. The lowest BCUT2D eigenvalue weighted by Crippen LogP contribution is -2.21. The molecule has 4 nitrogen and oxygen atoms in total. The summed E-state index contributed by atoms with van der Waals surface area (Å²) in [7, 11) is 0. The van der Waals surface area contributed by atoms with Gasteiger partial charge in [-0.3, -0.25) is 4.79 Å². The van der Waals surface area contributed by atoms with Gasteiger partial charge in [-0.25, -0.2) is 8.78 Å². The van der Waals surface area contributed by atoms with E-state index in [0.29, 0.717) is 11.4 Å². The minimum absolute atomic E-state index is 0.168. The molecule has 0 heterocycles. The molecule has 0 fully saturated rings. The number of amides is 1. The maximum atomic E-state index is 13.6. The normalized spacial score (nSPS) is 10.2. The van der Waals surface area contributed by atoms with Crippen molar-refractivity contribution < 1.29 is 18.3 Å². The lowest BCUT2D eigenvalue weighted by Gasteiger charge is -2.09. The highest BCUT2D eigenvalue weighted by atomic mass is 19.1. The van der Waals surface area contributed by atoms with E-state index in [1.165, 1.54) is 6.92 Å². The Morgan fingerprint density at radius 2 is 2.00 bits per heavy atom. The van der Waals surface area contributed by atoms with Crippen molar-refractivity contribution in [1.82, 2.24) is 0 Å². The molecule has 0 aliphatic heterocycles. The van der Waals surface area contributed by atoms with Crippen molar-refractivity contribution in [3.05, 3.63) is 53.6 Å². The molecule has 6 heteroatoms. The smallest absolute Gasteiger partial charge is 0.262 e. The van der Waals surface area contributed by atoms with Gasteiger partial charge in [-0.15, -0.1) is 0 Å². The van der Waals surface area contributed by atoms with Crippen LogP contribution in [0.3, 0.4) is 0 Å². The summed E-state index contributed by atoms with van der Waals surface area (Å²) in [6, 6.07) is 8.50. The summed E-state index contributed by atoms with van der Waals surface area (Å²) < 4.78 is 32.1. The van der Waals surface area contributed by atoms with E-state index in [0.717, 1.165) is 12.1 Å². The number of carbonyl (C=O) groups is 1. The molecule has 0 saturated heterocycles. The van der Waals surface area contributed by atoms with Gasteiger partial charge in [0.05, 0.1) is 5.69 Å². The fraction of sp³-hybridized carbons (Fsp3) is 0.133. The molecule has 0 aromatic heterocycles. The van der Waals surface area contributed by atoms with Crippen LogP contribution in [0.25, 0.3) is 0 Å². The van der Waals surface area contributed by atoms with Gasteiger partial charge in [0.1, 0.15) is 17.4 Å². The summed E-state index contributed by atoms with van der Waals surface area (Å²) in [4.78, 5) is 11.7. The van der Waals surface area contributed by atoms with Gasteiger partial charge >= 0.3 is 0 Å². The van der Waals surface area contributed by atoms with E-state index in [1.807, 2.05) is 0 Å². The summed E-state index contributed by atoms with van der Waals surface area (Å²) in [5, 5.41) is 2.25. The second-order valence-corrected chi connectivity index (χ2v) is 4.49. The zero-order valence-electron chi connectivity index (χ0n) is 11.3. The van der Waals surface area contributed by atoms with E-state index in [1.54, 1.807) is 24.3 Å². The largest absolute Gasteiger partial charge is 0.484 e. The monoisotopic (exact) mass is 292 g/mol. The van der Waals surface area contributed by atoms with E-state index in [-0.39, 0.29) is 17.9 Å². The minimum atomic E-state index is -0.703. The molecule has 0 atom stereocenters. The molecule has 110 valence electrons. The van der Waals surface area contributed by atoms with Gasteiger partial charge in [0.15, 0.2) is 6.61 Å². The van der Waals surface area contributed by atoms with Crippen molar-refractivity contribution in [3.8, 4) is 5.75 Å². The fourth-order valence-electron chi connectivity index (χ4n) is 1.68. The number of hydrogen-bond donors (Lipinski definition) is 2. The molecule has 21 heavy (non-hydrogen) atoms. The number of nitrogen functional groups attached to an aromatic ring is 1. The van der Waals surface area contributed by atoms with Gasteiger partial charge in [0.25, 0.3) is 5.91 Å².